The Morgan fingerprint density at radius 2 is 1.87 bits per heavy atom. The lowest BCUT2D eigenvalue weighted by Crippen LogP contribution is -2.31. The third kappa shape index (κ3) is 10.1. The van der Waals surface area contributed by atoms with Crippen molar-refractivity contribution >= 4 is 0 Å². The number of hydrogen-bond acceptors (Lipinski definition) is 4. The number of rotatable bonds is 10. The molecule has 0 spiro atoms. The van der Waals surface area contributed by atoms with Crippen LogP contribution in [0.4, 0.5) is 0 Å². The van der Waals surface area contributed by atoms with E-state index in [1.807, 2.05) is 0 Å². The Hall–Kier alpha value is -0.160. The fourth-order valence-electron chi connectivity index (χ4n) is 1.42. The van der Waals surface area contributed by atoms with Crippen LogP contribution in [0.3, 0.4) is 0 Å². The van der Waals surface area contributed by atoms with Gasteiger partial charge in [0.05, 0.1) is 6.61 Å². The van der Waals surface area contributed by atoms with Gasteiger partial charge in [-0.15, -0.1) is 0 Å². The van der Waals surface area contributed by atoms with Crippen LogP contribution in [0.1, 0.15) is 39.0 Å². The smallest absolute Gasteiger partial charge is 0.0582 e. The summed E-state index contributed by atoms with van der Waals surface area (Å²) < 4.78 is 0. The standard InChI is InChI=1S/C11H26N2O2/c1-10(5-6-11(12)9-15)13-7-3-2-4-8-14/h10-11,13-15H,2-9,12H2,1H3/t10-,11?/m1/s1. The van der Waals surface area contributed by atoms with E-state index in [-0.39, 0.29) is 12.6 Å². The molecule has 5 N–H and O–H groups in total. The third-order valence-corrected chi connectivity index (χ3v) is 2.53. The second-order valence-electron chi connectivity index (χ2n) is 4.16. The zero-order valence-corrected chi connectivity index (χ0v) is 9.78. The second kappa shape index (κ2) is 10.4. The molecule has 0 heterocycles. The minimum absolute atomic E-state index is 0.0726. The summed E-state index contributed by atoms with van der Waals surface area (Å²) >= 11 is 0. The maximum absolute atomic E-state index is 8.75. The van der Waals surface area contributed by atoms with E-state index in [4.69, 9.17) is 15.9 Å². The molecule has 2 atom stereocenters. The van der Waals surface area contributed by atoms with Gasteiger partial charge in [-0.3, -0.25) is 0 Å². The van der Waals surface area contributed by atoms with Gasteiger partial charge in [0.25, 0.3) is 0 Å². The zero-order chi connectivity index (χ0) is 11.5. The van der Waals surface area contributed by atoms with Crippen LogP contribution in [-0.4, -0.2) is 42.1 Å². The van der Waals surface area contributed by atoms with E-state index in [1.165, 1.54) is 0 Å². The summed E-state index contributed by atoms with van der Waals surface area (Å²) in [6, 6.07) is 0.375. The first-order valence-electron chi connectivity index (χ1n) is 5.91. The SMILES string of the molecule is C[C@H](CCC(N)CO)NCCCCCO. The van der Waals surface area contributed by atoms with Crippen LogP contribution in [0.25, 0.3) is 0 Å². The fraction of sp³-hybridized carbons (Fsp3) is 1.00. The third-order valence-electron chi connectivity index (χ3n) is 2.53. The van der Waals surface area contributed by atoms with Gasteiger partial charge in [0.1, 0.15) is 0 Å². The number of aliphatic hydroxyl groups excluding tert-OH is 2. The largest absolute Gasteiger partial charge is 0.396 e. The summed E-state index contributed by atoms with van der Waals surface area (Å²) in [5.74, 6) is 0. The predicted molar refractivity (Wildman–Crippen MR) is 62.7 cm³/mol. The van der Waals surface area contributed by atoms with Gasteiger partial charge in [0, 0.05) is 18.7 Å². The molecule has 0 fully saturated rings. The van der Waals surface area contributed by atoms with Crippen molar-refractivity contribution in [3.63, 3.8) is 0 Å². The second-order valence-corrected chi connectivity index (χ2v) is 4.16. The number of nitrogens with one attached hydrogen (secondary N) is 1. The average molecular weight is 218 g/mol. The Labute approximate surface area is 92.9 Å². The molecule has 0 rings (SSSR count). The molecule has 0 saturated heterocycles. The van der Waals surface area contributed by atoms with Crippen LogP contribution in [0.2, 0.25) is 0 Å². The van der Waals surface area contributed by atoms with Gasteiger partial charge in [0.15, 0.2) is 0 Å². The molecule has 15 heavy (non-hydrogen) atoms. The molecule has 0 aliphatic heterocycles. The van der Waals surface area contributed by atoms with E-state index in [9.17, 15) is 0 Å². The highest BCUT2D eigenvalue weighted by Crippen LogP contribution is 2.00. The molecule has 0 aliphatic carbocycles. The number of unbranched alkanes of at least 4 members (excludes halogenated alkanes) is 2. The summed E-state index contributed by atoms with van der Waals surface area (Å²) in [5.41, 5.74) is 5.61. The van der Waals surface area contributed by atoms with Gasteiger partial charge in [-0.2, -0.15) is 0 Å². The van der Waals surface area contributed by atoms with Gasteiger partial charge in [-0.25, -0.2) is 0 Å². The van der Waals surface area contributed by atoms with Crippen molar-refractivity contribution in [1.82, 2.24) is 5.32 Å². The summed E-state index contributed by atoms with van der Waals surface area (Å²) in [7, 11) is 0. The van der Waals surface area contributed by atoms with E-state index >= 15 is 0 Å². The molecule has 92 valence electrons. The quantitative estimate of drug-likeness (QED) is 0.396. The molecule has 0 aromatic heterocycles. The predicted octanol–water partition coefficient (Wildman–Crippen LogP) is 0.227. The minimum Gasteiger partial charge on any atom is -0.396 e. The molecule has 1 unspecified atom stereocenters. The number of aliphatic hydroxyl groups is 2. The van der Waals surface area contributed by atoms with Gasteiger partial charge in [-0.05, 0) is 45.6 Å². The van der Waals surface area contributed by atoms with Crippen molar-refractivity contribution in [3.05, 3.63) is 0 Å². The highest BCUT2D eigenvalue weighted by molar-refractivity contribution is 4.66. The molecule has 0 saturated carbocycles. The van der Waals surface area contributed by atoms with Gasteiger partial charge >= 0.3 is 0 Å². The first-order chi connectivity index (χ1) is 7.20. The molecule has 0 aliphatic rings. The van der Waals surface area contributed by atoms with E-state index in [0.29, 0.717) is 12.6 Å². The van der Waals surface area contributed by atoms with Crippen LogP contribution in [-0.2, 0) is 0 Å². The van der Waals surface area contributed by atoms with E-state index in [0.717, 1.165) is 38.6 Å². The van der Waals surface area contributed by atoms with Gasteiger partial charge in [-0.1, -0.05) is 0 Å². The summed E-state index contributed by atoms with van der Waals surface area (Å²) in [4.78, 5) is 0. The summed E-state index contributed by atoms with van der Waals surface area (Å²) in [5, 5.41) is 20.7. The molecule has 0 bridgehead atoms. The Morgan fingerprint density at radius 3 is 2.47 bits per heavy atom. The van der Waals surface area contributed by atoms with Crippen molar-refractivity contribution in [2.24, 2.45) is 5.73 Å². The number of hydrogen-bond donors (Lipinski definition) is 4. The normalized spacial score (nSPS) is 15.2. The van der Waals surface area contributed by atoms with Crippen LogP contribution in [0.15, 0.2) is 0 Å². The molecule has 4 heteroatoms. The van der Waals surface area contributed by atoms with Crippen molar-refractivity contribution in [3.8, 4) is 0 Å². The highest BCUT2D eigenvalue weighted by atomic mass is 16.3. The zero-order valence-electron chi connectivity index (χ0n) is 9.78. The lowest BCUT2D eigenvalue weighted by molar-refractivity contribution is 0.254. The van der Waals surface area contributed by atoms with Crippen LogP contribution in [0, 0.1) is 0 Å². The lowest BCUT2D eigenvalue weighted by atomic mass is 10.1. The minimum atomic E-state index is -0.0800. The molecule has 4 nitrogen and oxygen atoms in total. The van der Waals surface area contributed by atoms with Gasteiger partial charge in [0.2, 0.25) is 0 Å². The number of nitrogens with two attached hydrogens (primary N) is 1. The Bertz CT molecular complexity index is 134. The lowest BCUT2D eigenvalue weighted by Gasteiger charge is -2.15. The first kappa shape index (κ1) is 14.8. The Balaban J connectivity index is 3.21. The van der Waals surface area contributed by atoms with Crippen molar-refractivity contribution < 1.29 is 10.2 Å². The average Bonchev–Trinajstić information content (AvgIpc) is 2.25. The van der Waals surface area contributed by atoms with E-state index in [2.05, 4.69) is 12.2 Å². The maximum Gasteiger partial charge on any atom is 0.0582 e. The maximum atomic E-state index is 8.75. The molecule has 0 aromatic carbocycles. The fourth-order valence-corrected chi connectivity index (χ4v) is 1.42. The first-order valence-corrected chi connectivity index (χ1v) is 5.91. The Morgan fingerprint density at radius 1 is 1.13 bits per heavy atom. The van der Waals surface area contributed by atoms with E-state index < -0.39 is 0 Å². The molecule has 0 aromatic rings. The van der Waals surface area contributed by atoms with Gasteiger partial charge < -0.3 is 21.3 Å². The van der Waals surface area contributed by atoms with Crippen LogP contribution < -0.4 is 11.1 Å². The highest BCUT2D eigenvalue weighted by Gasteiger charge is 2.04. The van der Waals surface area contributed by atoms with Crippen molar-refractivity contribution in [2.75, 3.05) is 19.8 Å². The van der Waals surface area contributed by atoms with E-state index in [1.54, 1.807) is 0 Å². The Kier molecular flexibility index (Phi) is 10.3. The van der Waals surface area contributed by atoms with Crippen molar-refractivity contribution in [1.29, 1.82) is 0 Å². The van der Waals surface area contributed by atoms with Crippen LogP contribution >= 0.6 is 0 Å². The molecular formula is C11H26N2O2. The molecule has 0 amide bonds. The van der Waals surface area contributed by atoms with Crippen molar-refractivity contribution in [2.45, 2.75) is 51.1 Å². The summed E-state index contributed by atoms with van der Waals surface area (Å²) in [6.07, 6.45) is 4.94. The molecular weight excluding hydrogens is 192 g/mol. The van der Waals surface area contributed by atoms with Crippen LogP contribution in [0.5, 0.6) is 0 Å². The molecule has 0 radical (unpaired) electrons. The topological polar surface area (TPSA) is 78.5 Å². The summed E-state index contributed by atoms with van der Waals surface area (Å²) in [6.45, 7) is 3.50. The monoisotopic (exact) mass is 218 g/mol.